The van der Waals surface area contributed by atoms with E-state index in [0.29, 0.717) is 0 Å². The van der Waals surface area contributed by atoms with Crippen molar-refractivity contribution in [1.29, 1.82) is 0 Å². The van der Waals surface area contributed by atoms with Crippen LogP contribution in [0, 0.1) is 5.82 Å². The SMILES string of the molecule is Nc1ccc(B(O)O)cc1F. The van der Waals surface area contributed by atoms with Crippen molar-refractivity contribution >= 4 is 18.3 Å². The topological polar surface area (TPSA) is 66.5 Å². The average Bonchev–Trinajstić information content (AvgIpc) is 1.94. The summed E-state index contributed by atoms with van der Waals surface area (Å²) in [6.07, 6.45) is 0. The maximum atomic E-state index is 12.6. The largest absolute Gasteiger partial charge is 0.488 e. The monoisotopic (exact) mass is 155 g/mol. The molecule has 4 N–H and O–H groups in total. The molecule has 0 saturated carbocycles. The number of anilines is 1. The predicted octanol–water partition coefficient (Wildman–Crippen LogP) is -0.912. The number of halogens is 1. The smallest absolute Gasteiger partial charge is 0.423 e. The van der Waals surface area contributed by atoms with Crippen LogP contribution in [0.1, 0.15) is 0 Å². The molecule has 11 heavy (non-hydrogen) atoms. The third-order valence-electron chi connectivity index (χ3n) is 1.32. The number of benzene rings is 1. The fourth-order valence-electron chi connectivity index (χ4n) is 0.704. The van der Waals surface area contributed by atoms with Gasteiger partial charge in [0.1, 0.15) is 5.82 Å². The second-order valence-corrected chi connectivity index (χ2v) is 2.15. The van der Waals surface area contributed by atoms with Crippen molar-refractivity contribution in [2.24, 2.45) is 0 Å². The van der Waals surface area contributed by atoms with E-state index in [0.717, 1.165) is 6.07 Å². The highest BCUT2D eigenvalue weighted by molar-refractivity contribution is 6.58. The van der Waals surface area contributed by atoms with Crippen molar-refractivity contribution in [3.05, 3.63) is 24.0 Å². The fourth-order valence-corrected chi connectivity index (χ4v) is 0.704. The van der Waals surface area contributed by atoms with Gasteiger partial charge in [-0.2, -0.15) is 0 Å². The molecule has 1 aromatic rings. The number of hydrogen-bond donors (Lipinski definition) is 3. The second-order valence-electron chi connectivity index (χ2n) is 2.15. The molecule has 0 aliphatic rings. The molecule has 0 aliphatic carbocycles. The Balaban J connectivity index is 3.05. The molecule has 1 aromatic carbocycles. The van der Waals surface area contributed by atoms with E-state index in [-0.39, 0.29) is 11.2 Å². The van der Waals surface area contributed by atoms with Gasteiger partial charge in [0, 0.05) is 0 Å². The third kappa shape index (κ3) is 1.69. The van der Waals surface area contributed by atoms with E-state index in [1.54, 1.807) is 0 Å². The number of nitrogen functional groups attached to an aromatic ring is 1. The van der Waals surface area contributed by atoms with Crippen molar-refractivity contribution in [2.75, 3.05) is 5.73 Å². The van der Waals surface area contributed by atoms with Crippen LogP contribution in [-0.4, -0.2) is 17.2 Å². The fraction of sp³-hybridized carbons (Fsp3) is 0. The maximum absolute atomic E-state index is 12.6. The summed E-state index contributed by atoms with van der Waals surface area (Å²) in [4.78, 5) is 0. The quantitative estimate of drug-likeness (QED) is 0.363. The molecule has 58 valence electrons. The zero-order valence-corrected chi connectivity index (χ0v) is 5.66. The van der Waals surface area contributed by atoms with E-state index in [1.165, 1.54) is 12.1 Å². The minimum Gasteiger partial charge on any atom is -0.423 e. The van der Waals surface area contributed by atoms with Crippen molar-refractivity contribution < 1.29 is 14.4 Å². The van der Waals surface area contributed by atoms with Crippen LogP contribution in [0.4, 0.5) is 10.1 Å². The van der Waals surface area contributed by atoms with Gasteiger partial charge in [0.05, 0.1) is 5.69 Å². The van der Waals surface area contributed by atoms with Crippen molar-refractivity contribution in [3.63, 3.8) is 0 Å². The van der Waals surface area contributed by atoms with Crippen LogP contribution in [-0.2, 0) is 0 Å². The Hall–Kier alpha value is -1.07. The molecule has 0 fully saturated rings. The van der Waals surface area contributed by atoms with Gasteiger partial charge in [-0.15, -0.1) is 0 Å². The Bertz CT molecular complexity index is 267. The molecule has 0 aromatic heterocycles. The minimum absolute atomic E-state index is 0.00519. The molecule has 0 heterocycles. The minimum atomic E-state index is -1.65. The summed E-state index contributed by atoms with van der Waals surface area (Å²) in [7, 11) is -1.65. The highest BCUT2D eigenvalue weighted by Gasteiger charge is 2.11. The lowest BCUT2D eigenvalue weighted by Crippen LogP contribution is -2.30. The zero-order valence-electron chi connectivity index (χ0n) is 5.66. The summed E-state index contributed by atoms with van der Waals surface area (Å²) in [6, 6.07) is 3.62. The van der Waals surface area contributed by atoms with Crippen LogP contribution < -0.4 is 11.2 Å². The lowest BCUT2D eigenvalue weighted by molar-refractivity contribution is 0.425. The molecular weight excluding hydrogens is 148 g/mol. The lowest BCUT2D eigenvalue weighted by Gasteiger charge is -2.00. The highest BCUT2D eigenvalue weighted by Crippen LogP contribution is 2.05. The van der Waals surface area contributed by atoms with Crippen LogP contribution in [0.5, 0.6) is 0 Å². The Morgan fingerprint density at radius 3 is 2.45 bits per heavy atom. The zero-order chi connectivity index (χ0) is 8.43. The van der Waals surface area contributed by atoms with Gasteiger partial charge >= 0.3 is 7.12 Å². The molecule has 3 nitrogen and oxygen atoms in total. The van der Waals surface area contributed by atoms with E-state index in [9.17, 15) is 4.39 Å². The summed E-state index contributed by atoms with van der Waals surface area (Å²) in [5.41, 5.74) is 5.24. The highest BCUT2D eigenvalue weighted by atomic mass is 19.1. The summed E-state index contributed by atoms with van der Waals surface area (Å²) in [5.74, 6) is -0.643. The molecule has 0 unspecified atom stereocenters. The van der Waals surface area contributed by atoms with E-state index >= 15 is 0 Å². The summed E-state index contributed by atoms with van der Waals surface area (Å²) in [6.45, 7) is 0. The Labute approximate surface area is 63.4 Å². The van der Waals surface area contributed by atoms with Crippen LogP contribution in [0.2, 0.25) is 0 Å². The van der Waals surface area contributed by atoms with Gasteiger partial charge in [-0.25, -0.2) is 4.39 Å². The molecule has 1 rings (SSSR count). The van der Waals surface area contributed by atoms with Crippen LogP contribution >= 0.6 is 0 Å². The van der Waals surface area contributed by atoms with Crippen LogP contribution in [0.25, 0.3) is 0 Å². The maximum Gasteiger partial charge on any atom is 0.488 e. The molecule has 0 bridgehead atoms. The predicted molar refractivity (Wildman–Crippen MR) is 40.6 cm³/mol. The lowest BCUT2D eigenvalue weighted by atomic mass is 9.80. The number of hydrogen-bond acceptors (Lipinski definition) is 3. The van der Waals surface area contributed by atoms with Gasteiger partial charge in [-0.05, 0) is 17.6 Å². The molecule has 0 spiro atoms. The molecule has 0 atom stereocenters. The van der Waals surface area contributed by atoms with E-state index in [1.807, 2.05) is 0 Å². The number of rotatable bonds is 1. The van der Waals surface area contributed by atoms with Gasteiger partial charge in [-0.3, -0.25) is 0 Å². The molecular formula is C6H7BFNO2. The van der Waals surface area contributed by atoms with Gasteiger partial charge in [0.15, 0.2) is 0 Å². The number of nitrogens with two attached hydrogens (primary N) is 1. The standard InChI is InChI=1S/C6H7BFNO2/c8-5-3-4(7(10)11)1-2-6(5)9/h1-3,10-11H,9H2. The van der Waals surface area contributed by atoms with Crippen molar-refractivity contribution in [2.45, 2.75) is 0 Å². The van der Waals surface area contributed by atoms with E-state index in [2.05, 4.69) is 0 Å². The normalized spacial score (nSPS) is 9.73. The first-order chi connectivity index (χ1) is 5.11. The summed E-state index contributed by atoms with van der Waals surface area (Å²) in [5, 5.41) is 17.2. The van der Waals surface area contributed by atoms with Crippen LogP contribution in [0.3, 0.4) is 0 Å². The van der Waals surface area contributed by atoms with Gasteiger partial charge < -0.3 is 15.8 Å². The molecule has 0 radical (unpaired) electrons. The first kappa shape index (κ1) is 8.04. The van der Waals surface area contributed by atoms with E-state index < -0.39 is 12.9 Å². The van der Waals surface area contributed by atoms with Crippen molar-refractivity contribution in [3.8, 4) is 0 Å². The molecule has 5 heteroatoms. The summed E-state index contributed by atoms with van der Waals surface area (Å²) >= 11 is 0. The van der Waals surface area contributed by atoms with Crippen molar-refractivity contribution in [1.82, 2.24) is 0 Å². The molecule has 0 amide bonds. The Kier molecular flexibility index (Phi) is 2.12. The Morgan fingerprint density at radius 1 is 1.36 bits per heavy atom. The second kappa shape index (κ2) is 2.90. The van der Waals surface area contributed by atoms with Gasteiger partial charge in [-0.1, -0.05) is 6.07 Å². The third-order valence-corrected chi connectivity index (χ3v) is 1.32. The first-order valence-electron chi connectivity index (χ1n) is 3.02. The molecule has 0 saturated heterocycles. The molecule has 0 aliphatic heterocycles. The van der Waals surface area contributed by atoms with Crippen LogP contribution in [0.15, 0.2) is 18.2 Å². The summed E-state index contributed by atoms with van der Waals surface area (Å²) < 4.78 is 12.6. The first-order valence-corrected chi connectivity index (χ1v) is 3.02. The average molecular weight is 155 g/mol. The Morgan fingerprint density at radius 2 is 2.00 bits per heavy atom. The van der Waals surface area contributed by atoms with Gasteiger partial charge in [0.25, 0.3) is 0 Å². The van der Waals surface area contributed by atoms with Gasteiger partial charge in [0.2, 0.25) is 0 Å². The van der Waals surface area contributed by atoms with E-state index in [4.69, 9.17) is 15.8 Å².